The van der Waals surface area contributed by atoms with Gasteiger partial charge >= 0.3 is 0 Å². The molecule has 0 saturated heterocycles. The van der Waals surface area contributed by atoms with Gasteiger partial charge in [0, 0.05) is 44.3 Å². The number of anilines is 4. The number of amides is 1. The van der Waals surface area contributed by atoms with Crippen molar-refractivity contribution < 1.29 is 13.6 Å². The molecule has 2 heterocycles. The summed E-state index contributed by atoms with van der Waals surface area (Å²) in [4.78, 5) is 18.0. The third kappa shape index (κ3) is 4.40. The van der Waals surface area contributed by atoms with Crippen LogP contribution in [0.4, 0.5) is 31.9 Å². The molecule has 1 aliphatic carbocycles. The number of aromatic nitrogens is 3. The molecule has 1 aliphatic rings. The Kier molecular flexibility index (Phi) is 5.83. The highest BCUT2D eigenvalue weighted by Crippen LogP contribution is 2.36. The molecule has 3 aromatic rings. The molecule has 2 aromatic heterocycles. The molecule has 0 spiro atoms. The first-order valence-corrected chi connectivity index (χ1v) is 10.7. The zero-order valence-electron chi connectivity index (χ0n) is 19.0. The van der Waals surface area contributed by atoms with Crippen LogP contribution in [0.1, 0.15) is 30.1 Å². The van der Waals surface area contributed by atoms with Crippen molar-refractivity contribution in [3.05, 3.63) is 35.4 Å². The molecule has 1 fully saturated rings. The minimum absolute atomic E-state index is 0.0136. The Balaban J connectivity index is 1.76. The molecular weight excluding hydrogens is 430 g/mol. The third-order valence-electron chi connectivity index (χ3n) is 5.80. The van der Waals surface area contributed by atoms with Crippen molar-refractivity contribution in [1.82, 2.24) is 14.8 Å². The van der Waals surface area contributed by atoms with Crippen LogP contribution in [0.5, 0.6) is 0 Å². The van der Waals surface area contributed by atoms with Gasteiger partial charge in [-0.2, -0.15) is 5.10 Å². The van der Waals surface area contributed by atoms with Gasteiger partial charge in [-0.3, -0.25) is 9.48 Å². The Morgan fingerprint density at radius 3 is 2.48 bits per heavy atom. The molecule has 33 heavy (non-hydrogen) atoms. The summed E-state index contributed by atoms with van der Waals surface area (Å²) in [6.07, 6.45) is 2.01. The van der Waals surface area contributed by atoms with Gasteiger partial charge in [0.2, 0.25) is 0 Å². The van der Waals surface area contributed by atoms with Crippen LogP contribution in [0.25, 0.3) is 10.9 Å². The van der Waals surface area contributed by atoms with E-state index in [1.54, 1.807) is 32.1 Å². The standard InChI is InChI=1S/C22H28F2N8O/c1-10(25)17(11-5-6-11)28-21-16(24)9-14(19(26)33)20(29-21)27-12-7-13-18(15(23)8-12)32(4)30-22(13)31(2)3/h7-11,17H,5-6,25H2,1-4H3,(H2,26,33)(H2,27,28,29)/t10-,17-/m0/s1. The summed E-state index contributed by atoms with van der Waals surface area (Å²) >= 11 is 0. The first-order chi connectivity index (χ1) is 15.6. The van der Waals surface area contributed by atoms with Gasteiger partial charge in [0.15, 0.2) is 23.3 Å². The zero-order valence-corrected chi connectivity index (χ0v) is 19.0. The lowest BCUT2D eigenvalue weighted by Crippen LogP contribution is -2.40. The van der Waals surface area contributed by atoms with E-state index in [4.69, 9.17) is 11.5 Å². The van der Waals surface area contributed by atoms with Crippen LogP contribution in [0.2, 0.25) is 0 Å². The predicted molar refractivity (Wildman–Crippen MR) is 125 cm³/mol. The van der Waals surface area contributed by atoms with E-state index in [9.17, 15) is 13.6 Å². The van der Waals surface area contributed by atoms with E-state index in [0.29, 0.717) is 28.3 Å². The molecule has 0 bridgehead atoms. The first-order valence-electron chi connectivity index (χ1n) is 10.7. The van der Waals surface area contributed by atoms with E-state index in [-0.39, 0.29) is 29.3 Å². The Morgan fingerprint density at radius 1 is 1.21 bits per heavy atom. The minimum atomic E-state index is -0.863. The fourth-order valence-corrected chi connectivity index (χ4v) is 4.05. The Bertz CT molecular complexity index is 1220. The Labute approximate surface area is 190 Å². The molecule has 1 saturated carbocycles. The van der Waals surface area contributed by atoms with Crippen LogP contribution in [0, 0.1) is 17.6 Å². The average molecular weight is 459 g/mol. The van der Waals surface area contributed by atoms with E-state index in [1.807, 2.05) is 6.92 Å². The molecule has 176 valence electrons. The van der Waals surface area contributed by atoms with Crippen LogP contribution in [0.15, 0.2) is 18.2 Å². The number of carbonyl (C=O) groups is 1. The predicted octanol–water partition coefficient (Wildman–Crippen LogP) is 2.69. The van der Waals surface area contributed by atoms with Crippen molar-refractivity contribution in [3.8, 4) is 0 Å². The lowest BCUT2D eigenvalue weighted by molar-refractivity contribution is 0.100. The Morgan fingerprint density at radius 2 is 1.91 bits per heavy atom. The van der Waals surface area contributed by atoms with Gasteiger partial charge in [0.05, 0.1) is 5.56 Å². The van der Waals surface area contributed by atoms with Gasteiger partial charge in [-0.1, -0.05) is 0 Å². The van der Waals surface area contributed by atoms with Crippen LogP contribution < -0.4 is 27.0 Å². The highest BCUT2D eigenvalue weighted by molar-refractivity contribution is 5.99. The molecule has 4 rings (SSSR count). The molecule has 0 aliphatic heterocycles. The van der Waals surface area contributed by atoms with Gasteiger partial charge in [0.25, 0.3) is 5.91 Å². The van der Waals surface area contributed by atoms with Gasteiger partial charge in [0.1, 0.15) is 11.3 Å². The first kappa shape index (κ1) is 22.7. The van der Waals surface area contributed by atoms with Crippen molar-refractivity contribution >= 4 is 40.0 Å². The number of primary amides is 1. The largest absolute Gasteiger partial charge is 0.365 e. The number of nitrogens with one attached hydrogen (secondary N) is 2. The number of nitrogens with zero attached hydrogens (tertiary/aromatic N) is 4. The van der Waals surface area contributed by atoms with E-state index < -0.39 is 17.5 Å². The fourth-order valence-electron chi connectivity index (χ4n) is 4.05. The summed E-state index contributed by atoms with van der Waals surface area (Å²) in [6.45, 7) is 1.85. The second-order valence-corrected chi connectivity index (χ2v) is 8.77. The second-order valence-electron chi connectivity index (χ2n) is 8.77. The van der Waals surface area contributed by atoms with E-state index >= 15 is 0 Å². The Hall–Kier alpha value is -3.47. The molecule has 0 radical (unpaired) electrons. The molecule has 1 amide bonds. The van der Waals surface area contributed by atoms with Crippen molar-refractivity contribution in [1.29, 1.82) is 0 Å². The topological polar surface area (TPSA) is 127 Å². The minimum Gasteiger partial charge on any atom is -0.365 e. The summed E-state index contributed by atoms with van der Waals surface area (Å²) in [5.41, 5.74) is 12.0. The van der Waals surface area contributed by atoms with Crippen molar-refractivity contribution in [2.45, 2.75) is 31.8 Å². The van der Waals surface area contributed by atoms with E-state index in [0.717, 1.165) is 18.9 Å². The monoisotopic (exact) mass is 458 g/mol. The number of carbonyl (C=O) groups excluding carboxylic acids is 1. The fraction of sp³-hybridized carbons (Fsp3) is 0.409. The smallest absolute Gasteiger partial charge is 0.252 e. The van der Waals surface area contributed by atoms with Crippen LogP contribution in [0.3, 0.4) is 0 Å². The molecule has 2 atom stereocenters. The summed E-state index contributed by atoms with van der Waals surface area (Å²) in [7, 11) is 5.27. The molecule has 0 unspecified atom stereocenters. The number of fused-ring (bicyclic) bond motifs is 1. The lowest BCUT2D eigenvalue weighted by atomic mass is 10.1. The number of rotatable bonds is 8. The maximum Gasteiger partial charge on any atom is 0.252 e. The average Bonchev–Trinajstić information content (AvgIpc) is 3.50. The van der Waals surface area contributed by atoms with Crippen LogP contribution in [-0.2, 0) is 7.05 Å². The van der Waals surface area contributed by atoms with Gasteiger partial charge in [-0.25, -0.2) is 13.8 Å². The number of aryl methyl sites for hydroxylation is 1. The number of hydrogen-bond acceptors (Lipinski definition) is 7. The van der Waals surface area contributed by atoms with E-state index in [2.05, 4.69) is 20.7 Å². The SMILES string of the molecule is C[C@H](N)[C@H](Nc1nc(Nc2cc(F)c3c(c2)c(N(C)C)nn3C)c(C(N)=O)cc1F)C1CC1. The summed E-state index contributed by atoms with van der Waals surface area (Å²) in [5.74, 6) is -1.21. The number of benzene rings is 1. The number of pyridine rings is 1. The van der Waals surface area contributed by atoms with Crippen LogP contribution in [-0.4, -0.2) is 46.9 Å². The van der Waals surface area contributed by atoms with Crippen molar-refractivity contribution in [3.63, 3.8) is 0 Å². The van der Waals surface area contributed by atoms with Gasteiger partial charge in [-0.05, 0) is 43.9 Å². The normalized spacial score (nSPS) is 15.4. The number of nitrogens with two attached hydrogens (primary N) is 2. The summed E-state index contributed by atoms with van der Waals surface area (Å²) in [6, 6.07) is 3.60. The van der Waals surface area contributed by atoms with Crippen LogP contribution >= 0.6 is 0 Å². The van der Waals surface area contributed by atoms with Gasteiger partial charge in [-0.15, -0.1) is 0 Å². The summed E-state index contributed by atoms with van der Waals surface area (Å²) < 4.78 is 31.2. The lowest BCUT2D eigenvalue weighted by Gasteiger charge is -2.23. The highest BCUT2D eigenvalue weighted by Gasteiger charge is 2.34. The maximum atomic E-state index is 14.9. The molecular formula is C22H28F2N8O. The molecule has 9 nitrogen and oxygen atoms in total. The second kappa shape index (κ2) is 8.47. The van der Waals surface area contributed by atoms with Crippen molar-refractivity contribution in [2.24, 2.45) is 24.4 Å². The highest BCUT2D eigenvalue weighted by atomic mass is 19.1. The zero-order chi connectivity index (χ0) is 24.0. The van der Waals surface area contributed by atoms with Gasteiger partial charge < -0.3 is 27.0 Å². The number of hydrogen-bond donors (Lipinski definition) is 4. The molecule has 1 aromatic carbocycles. The summed E-state index contributed by atoms with van der Waals surface area (Å²) in [5, 5.41) is 10.9. The number of halogens is 2. The third-order valence-corrected chi connectivity index (χ3v) is 5.80. The quantitative estimate of drug-likeness (QED) is 0.409. The maximum absolute atomic E-state index is 14.9. The van der Waals surface area contributed by atoms with E-state index in [1.165, 1.54) is 10.7 Å². The molecule has 6 N–H and O–H groups in total. The van der Waals surface area contributed by atoms with Crippen molar-refractivity contribution in [2.75, 3.05) is 29.6 Å². The molecule has 11 heteroatoms.